The molecule has 0 aromatic heterocycles. The van der Waals surface area contributed by atoms with Gasteiger partial charge in [0.2, 0.25) is 0 Å². The van der Waals surface area contributed by atoms with Gasteiger partial charge in [0.1, 0.15) is 0 Å². The molecule has 0 aromatic carbocycles. The number of rotatable bonds is 16. The van der Waals surface area contributed by atoms with Crippen molar-refractivity contribution in [2.75, 3.05) is 12.4 Å². The molecule has 1 unspecified atom stereocenters. The lowest BCUT2D eigenvalue weighted by atomic mass is 10.1. The number of hydrogen-bond donors (Lipinski definition) is 1. The first-order valence-electron chi connectivity index (χ1n) is 8.72. The molecule has 0 fully saturated rings. The number of hydrogen-bond acceptors (Lipinski definition) is 4. The Bertz CT molecular complexity index is 247. The summed E-state index contributed by atoms with van der Waals surface area (Å²) in [6, 6.07) is 0. The van der Waals surface area contributed by atoms with Gasteiger partial charge in [0.25, 0.3) is 0 Å². The zero-order valence-corrected chi connectivity index (χ0v) is 17.5. The topological polar surface area (TPSA) is 68.8 Å². The van der Waals surface area contributed by atoms with E-state index in [1.807, 2.05) is 0 Å². The second-order valence-electron chi connectivity index (χ2n) is 5.65. The molecule has 0 aliphatic rings. The highest BCUT2D eigenvalue weighted by molar-refractivity contribution is 8.67. The van der Waals surface area contributed by atoms with E-state index in [4.69, 9.17) is 16.3 Å². The van der Waals surface area contributed by atoms with Crippen molar-refractivity contribution in [1.29, 1.82) is 0 Å². The van der Waals surface area contributed by atoms with Crippen molar-refractivity contribution in [3.05, 3.63) is 0 Å². The fourth-order valence-electron chi connectivity index (χ4n) is 2.15. The van der Waals surface area contributed by atoms with E-state index in [9.17, 15) is 4.89 Å². The molecule has 0 bridgehead atoms. The molecule has 0 aromatic rings. The van der Waals surface area contributed by atoms with Crippen LogP contribution in [0.2, 0.25) is 0 Å². The summed E-state index contributed by atoms with van der Waals surface area (Å²) in [7, 11) is 0. The average Bonchev–Trinajstić information content (AvgIpc) is 2.45. The van der Waals surface area contributed by atoms with Gasteiger partial charge in [0, 0.05) is 5.69 Å². The Labute approximate surface area is 147 Å². The SMILES string of the molecule is CCCCCCCCOP([O-])(=S)SCCCCCCCC.[NH4+]. The van der Waals surface area contributed by atoms with Crippen molar-refractivity contribution in [3.63, 3.8) is 0 Å². The normalized spacial score (nSPS) is 13.6. The van der Waals surface area contributed by atoms with Crippen LogP contribution in [-0.2, 0) is 16.3 Å². The quantitative estimate of drug-likeness (QED) is 0.251. The number of quaternary nitrogens is 1. The smallest absolute Gasteiger partial charge is 0.0513 e. The van der Waals surface area contributed by atoms with Gasteiger partial charge in [0.15, 0.2) is 0 Å². The van der Waals surface area contributed by atoms with Crippen LogP contribution in [0.4, 0.5) is 0 Å². The largest absolute Gasteiger partial charge is 0.793 e. The van der Waals surface area contributed by atoms with E-state index in [1.165, 1.54) is 69.2 Å². The van der Waals surface area contributed by atoms with Crippen LogP contribution in [0.5, 0.6) is 0 Å². The molecule has 0 amide bonds. The highest BCUT2D eigenvalue weighted by Crippen LogP contribution is 2.52. The lowest BCUT2D eigenvalue weighted by Gasteiger charge is -2.26. The third kappa shape index (κ3) is 18.9. The predicted octanol–water partition coefficient (Wildman–Crippen LogP) is 6.42. The predicted molar refractivity (Wildman–Crippen MR) is 105 cm³/mol. The summed E-state index contributed by atoms with van der Waals surface area (Å²) in [6.07, 6.45) is 14.8. The molecule has 136 valence electrons. The summed E-state index contributed by atoms with van der Waals surface area (Å²) in [4.78, 5) is 12.0. The molecule has 1 atom stereocenters. The van der Waals surface area contributed by atoms with Gasteiger partial charge in [-0.2, -0.15) is 0 Å². The van der Waals surface area contributed by atoms with Crippen LogP contribution in [0.1, 0.15) is 90.9 Å². The average molecular weight is 372 g/mol. The van der Waals surface area contributed by atoms with Crippen LogP contribution in [-0.4, -0.2) is 12.4 Å². The van der Waals surface area contributed by atoms with Gasteiger partial charge in [-0.15, -0.1) is 11.4 Å². The second kappa shape index (κ2) is 18.2. The summed E-state index contributed by atoms with van der Waals surface area (Å²) in [5, 5.41) is 0. The van der Waals surface area contributed by atoms with Crippen molar-refractivity contribution < 1.29 is 9.42 Å². The lowest BCUT2D eigenvalue weighted by molar-refractivity contribution is -0.174. The highest BCUT2D eigenvalue weighted by atomic mass is 32.9. The van der Waals surface area contributed by atoms with Gasteiger partial charge >= 0.3 is 0 Å². The first kappa shape index (κ1) is 25.1. The van der Waals surface area contributed by atoms with Crippen molar-refractivity contribution in [1.82, 2.24) is 6.15 Å². The van der Waals surface area contributed by atoms with E-state index < -0.39 is 5.69 Å². The number of unbranched alkanes of at least 4 members (excludes halogenated alkanes) is 10. The van der Waals surface area contributed by atoms with Gasteiger partial charge in [-0.1, -0.05) is 89.9 Å². The van der Waals surface area contributed by atoms with E-state index in [2.05, 4.69) is 13.8 Å². The Kier molecular flexibility index (Phi) is 20.8. The molecule has 0 saturated heterocycles. The van der Waals surface area contributed by atoms with Gasteiger partial charge in [-0.05, 0) is 18.6 Å². The van der Waals surface area contributed by atoms with Gasteiger partial charge in [-0.3, -0.25) is 0 Å². The minimum Gasteiger partial charge on any atom is -0.793 e. The van der Waals surface area contributed by atoms with Crippen LogP contribution >= 0.6 is 17.1 Å². The van der Waals surface area contributed by atoms with Gasteiger partial charge in [-0.25, -0.2) is 0 Å². The van der Waals surface area contributed by atoms with E-state index in [1.54, 1.807) is 0 Å². The van der Waals surface area contributed by atoms with Crippen LogP contribution in [0.3, 0.4) is 0 Å². The summed E-state index contributed by atoms with van der Waals surface area (Å²) in [6.45, 7) is 5.01. The van der Waals surface area contributed by atoms with E-state index in [0.29, 0.717) is 6.61 Å². The van der Waals surface area contributed by atoms with E-state index in [0.717, 1.165) is 25.0 Å². The molecule has 6 heteroatoms. The molecule has 0 aliphatic carbocycles. The van der Waals surface area contributed by atoms with Crippen LogP contribution in [0.25, 0.3) is 0 Å². The van der Waals surface area contributed by atoms with Crippen LogP contribution in [0, 0.1) is 0 Å². The third-order valence-electron chi connectivity index (χ3n) is 3.49. The summed E-state index contributed by atoms with van der Waals surface area (Å²) in [5.74, 6) is 0.878. The van der Waals surface area contributed by atoms with Crippen LogP contribution < -0.4 is 11.0 Å². The standard InChI is InChI=1S/C16H35O2PS2.H3N/c1-3-5-7-9-11-13-15-18-19(17,20)21-16-14-12-10-8-6-4-2;/h3-16H2,1-2H3,(H,17,20);1H3. The van der Waals surface area contributed by atoms with Gasteiger partial charge < -0.3 is 15.6 Å². The molecule has 0 rings (SSSR count). The molecule has 3 nitrogen and oxygen atoms in total. The maximum atomic E-state index is 12.0. The first-order valence-corrected chi connectivity index (χ1v) is 13.0. The molecule has 22 heavy (non-hydrogen) atoms. The fraction of sp³-hybridized carbons (Fsp3) is 1.00. The van der Waals surface area contributed by atoms with Crippen molar-refractivity contribution in [3.8, 4) is 0 Å². The maximum Gasteiger partial charge on any atom is 0.0513 e. The van der Waals surface area contributed by atoms with Crippen LogP contribution in [0.15, 0.2) is 0 Å². The van der Waals surface area contributed by atoms with Crippen molar-refractivity contribution in [2.24, 2.45) is 0 Å². The molecule has 0 radical (unpaired) electrons. The monoisotopic (exact) mass is 371 g/mol. The Hall–Kier alpha value is 0.880. The minimum atomic E-state index is -2.82. The minimum absolute atomic E-state index is 0. The summed E-state index contributed by atoms with van der Waals surface area (Å²) >= 11 is 6.44. The molecule has 0 spiro atoms. The Balaban J connectivity index is 0. The Morgan fingerprint density at radius 2 is 1.27 bits per heavy atom. The Morgan fingerprint density at radius 3 is 1.82 bits per heavy atom. The van der Waals surface area contributed by atoms with E-state index in [-0.39, 0.29) is 6.15 Å². The molecule has 0 heterocycles. The summed E-state index contributed by atoms with van der Waals surface area (Å²) < 4.78 is 5.41. The third-order valence-corrected chi connectivity index (χ3v) is 7.86. The molecule has 4 N–H and O–H groups in total. The highest BCUT2D eigenvalue weighted by Gasteiger charge is 2.04. The first-order chi connectivity index (χ1) is 10.1. The summed E-state index contributed by atoms with van der Waals surface area (Å²) in [5.41, 5.74) is -2.82. The second-order valence-corrected chi connectivity index (χ2v) is 11.8. The Morgan fingerprint density at radius 1 is 0.818 bits per heavy atom. The fourth-order valence-corrected chi connectivity index (χ4v) is 5.54. The molecule has 0 aliphatic heterocycles. The zero-order valence-electron chi connectivity index (χ0n) is 15.0. The molecule has 0 saturated carbocycles. The van der Waals surface area contributed by atoms with E-state index >= 15 is 0 Å². The van der Waals surface area contributed by atoms with Crippen molar-refractivity contribution >= 4 is 28.9 Å². The lowest BCUT2D eigenvalue weighted by Crippen LogP contribution is -2.03. The van der Waals surface area contributed by atoms with Gasteiger partial charge in [0.05, 0.1) is 6.61 Å². The zero-order chi connectivity index (χ0) is 15.8. The molecular weight excluding hydrogens is 333 g/mol. The maximum absolute atomic E-state index is 12.0. The van der Waals surface area contributed by atoms with Crippen molar-refractivity contribution in [2.45, 2.75) is 90.9 Å². The molecular formula is C16H38NO2PS2.